The topological polar surface area (TPSA) is 32.3 Å². The number of benzene rings is 2. The highest BCUT2D eigenvalue weighted by Crippen LogP contribution is 2.19. The molecule has 0 saturated carbocycles. The Labute approximate surface area is 113 Å². The molecule has 0 aromatic heterocycles. The first-order valence-electron chi connectivity index (χ1n) is 6.26. The van der Waals surface area contributed by atoms with E-state index < -0.39 is 0 Å². The van der Waals surface area contributed by atoms with Gasteiger partial charge < -0.3 is 10.2 Å². The zero-order valence-corrected chi connectivity index (χ0v) is 11.3. The molecule has 3 heteroatoms. The number of urea groups is 1. The number of rotatable bonds is 3. The second-order valence-electron chi connectivity index (χ2n) is 4.62. The lowest BCUT2D eigenvalue weighted by Crippen LogP contribution is -2.33. The summed E-state index contributed by atoms with van der Waals surface area (Å²) in [5, 5.41) is 2.84. The number of nitrogens with one attached hydrogen (secondary N) is 1. The maximum absolute atomic E-state index is 11.4. The maximum atomic E-state index is 11.4. The molecular weight excluding hydrogens is 236 g/mol. The number of hydrogen-bond donors (Lipinski definition) is 1. The third kappa shape index (κ3) is 3.58. The highest BCUT2D eigenvalue weighted by molar-refractivity contribution is 5.73. The second kappa shape index (κ2) is 6.05. The van der Waals surface area contributed by atoms with Gasteiger partial charge in [-0.15, -0.1) is 0 Å². The highest BCUT2D eigenvalue weighted by atomic mass is 16.2. The summed E-state index contributed by atoms with van der Waals surface area (Å²) < 4.78 is 0. The molecule has 0 aliphatic carbocycles. The molecule has 0 fully saturated rings. The van der Waals surface area contributed by atoms with Crippen LogP contribution in [0.3, 0.4) is 0 Å². The zero-order chi connectivity index (χ0) is 13.7. The fourth-order valence-corrected chi connectivity index (χ4v) is 1.78. The summed E-state index contributed by atoms with van der Waals surface area (Å²) in [5.74, 6) is 0. The van der Waals surface area contributed by atoms with Crippen molar-refractivity contribution in [3.63, 3.8) is 0 Å². The van der Waals surface area contributed by atoms with Gasteiger partial charge in [-0.1, -0.05) is 54.6 Å². The molecule has 0 atom stereocenters. The van der Waals surface area contributed by atoms with Crippen LogP contribution in [0.25, 0.3) is 11.1 Å². The van der Waals surface area contributed by atoms with Crippen molar-refractivity contribution >= 4 is 6.03 Å². The van der Waals surface area contributed by atoms with Crippen LogP contribution in [0.2, 0.25) is 0 Å². The summed E-state index contributed by atoms with van der Waals surface area (Å²) in [5.41, 5.74) is 3.48. The predicted octanol–water partition coefficient (Wildman–Crippen LogP) is 3.12. The number of carbonyl (C=O) groups excluding carboxylic acids is 1. The standard InChI is InChI=1S/C16H18N2O/c1-18(2)16(19)17-12-13-8-10-15(11-9-13)14-6-4-3-5-7-14/h3-11H,12H2,1-2H3,(H,17,19). The van der Waals surface area contributed by atoms with Gasteiger partial charge >= 0.3 is 6.03 Å². The van der Waals surface area contributed by atoms with Crippen LogP contribution in [-0.4, -0.2) is 25.0 Å². The lowest BCUT2D eigenvalue weighted by molar-refractivity contribution is 0.217. The van der Waals surface area contributed by atoms with Gasteiger partial charge in [-0.3, -0.25) is 0 Å². The monoisotopic (exact) mass is 254 g/mol. The molecule has 3 nitrogen and oxygen atoms in total. The maximum Gasteiger partial charge on any atom is 0.317 e. The van der Waals surface area contributed by atoms with Crippen molar-refractivity contribution < 1.29 is 4.79 Å². The van der Waals surface area contributed by atoms with E-state index in [4.69, 9.17) is 0 Å². The average molecular weight is 254 g/mol. The first kappa shape index (κ1) is 13.1. The Morgan fingerprint density at radius 1 is 0.947 bits per heavy atom. The van der Waals surface area contributed by atoms with Gasteiger partial charge in [0.1, 0.15) is 0 Å². The fraction of sp³-hybridized carbons (Fsp3) is 0.188. The van der Waals surface area contributed by atoms with Gasteiger partial charge in [0, 0.05) is 20.6 Å². The van der Waals surface area contributed by atoms with Gasteiger partial charge in [0.15, 0.2) is 0 Å². The van der Waals surface area contributed by atoms with Crippen molar-refractivity contribution in [3.05, 3.63) is 60.2 Å². The van der Waals surface area contributed by atoms with Crippen LogP contribution in [0.4, 0.5) is 4.79 Å². The molecule has 0 unspecified atom stereocenters. The number of nitrogens with zero attached hydrogens (tertiary/aromatic N) is 1. The minimum Gasteiger partial charge on any atom is -0.334 e. The number of hydrogen-bond acceptors (Lipinski definition) is 1. The molecule has 0 saturated heterocycles. The smallest absolute Gasteiger partial charge is 0.317 e. The summed E-state index contributed by atoms with van der Waals surface area (Å²) in [6.45, 7) is 0.548. The van der Waals surface area contributed by atoms with Gasteiger partial charge in [-0.2, -0.15) is 0 Å². The van der Waals surface area contributed by atoms with Crippen LogP contribution in [0.1, 0.15) is 5.56 Å². The molecule has 2 rings (SSSR count). The Balaban J connectivity index is 2.01. The van der Waals surface area contributed by atoms with E-state index >= 15 is 0 Å². The molecule has 0 aliphatic heterocycles. The van der Waals surface area contributed by atoms with Crippen molar-refractivity contribution in [1.29, 1.82) is 0 Å². The van der Waals surface area contributed by atoms with Crippen LogP contribution < -0.4 is 5.32 Å². The van der Waals surface area contributed by atoms with Crippen molar-refractivity contribution in [2.45, 2.75) is 6.54 Å². The zero-order valence-electron chi connectivity index (χ0n) is 11.3. The van der Waals surface area contributed by atoms with Gasteiger partial charge in [-0.05, 0) is 16.7 Å². The van der Waals surface area contributed by atoms with E-state index in [2.05, 4.69) is 29.6 Å². The van der Waals surface area contributed by atoms with Gasteiger partial charge in [0.05, 0.1) is 0 Å². The quantitative estimate of drug-likeness (QED) is 0.896. The van der Waals surface area contributed by atoms with E-state index in [1.807, 2.05) is 30.3 Å². The number of carbonyl (C=O) groups is 1. The Hall–Kier alpha value is -2.29. The van der Waals surface area contributed by atoms with Crippen LogP contribution in [0, 0.1) is 0 Å². The molecule has 0 radical (unpaired) electrons. The highest BCUT2D eigenvalue weighted by Gasteiger charge is 2.02. The van der Waals surface area contributed by atoms with Crippen LogP contribution >= 0.6 is 0 Å². The van der Waals surface area contributed by atoms with Gasteiger partial charge in [0.2, 0.25) is 0 Å². The summed E-state index contributed by atoms with van der Waals surface area (Å²) in [7, 11) is 3.46. The van der Waals surface area contributed by atoms with Gasteiger partial charge in [0.25, 0.3) is 0 Å². The Bertz CT molecular complexity index is 532. The van der Waals surface area contributed by atoms with Crippen molar-refractivity contribution in [2.75, 3.05) is 14.1 Å². The van der Waals surface area contributed by atoms with E-state index in [1.165, 1.54) is 16.0 Å². The summed E-state index contributed by atoms with van der Waals surface area (Å²) >= 11 is 0. The molecule has 0 spiro atoms. The van der Waals surface area contributed by atoms with E-state index in [9.17, 15) is 4.79 Å². The first-order valence-corrected chi connectivity index (χ1v) is 6.26. The third-order valence-corrected chi connectivity index (χ3v) is 2.91. The third-order valence-electron chi connectivity index (χ3n) is 2.91. The molecule has 2 aromatic rings. The fourth-order valence-electron chi connectivity index (χ4n) is 1.78. The minimum atomic E-state index is -0.0767. The average Bonchev–Trinajstić information content (AvgIpc) is 2.46. The van der Waals surface area contributed by atoms with Crippen LogP contribution in [0.5, 0.6) is 0 Å². The van der Waals surface area contributed by atoms with E-state index in [-0.39, 0.29) is 6.03 Å². The predicted molar refractivity (Wildman–Crippen MR) is 77.8 cm³/mol. The lowest BCUT2D eigenvalue weighted by Gasteiger charge is -2.12. The van der Waals surface area contributed by atoms with Crippen LogP contribution in [0.15, 0.2) is 54.6 Å². The lowest BCUT2D eigenvalue weighted by atomic mass is 10.0. The minimum absolute atomic E-state index is 0.0767. The molecule has 0 heterocycles. The molecule has 98 valence electrons. The molecule has 2 aromatic carbocycles. The van der Waals surface area contributed by atoms with Crippen LogP contribution in [-0.2, 0) is 6.54 Å². The second-order valence-corrected chi connectivity index (χ2v) is 4.62. The largest absolute Gasteiger partial charge is 0.334 e. The molecule has 19 heavy (non-hydrogen) atoms. The SMILES string of the molecule is CN(C)C(=O)NCc1ccc(-c2ccccc2)cc1. The summed E-state index contributed by atoms with van der Waals surface area (Å²) in [6.07, 6.45) is 0. The molecule has 2 amide bonds. The summed E-state index contributed by atoms with van der Waals surface area (Å²) in [6, 6.07) is 18.4. The van der Waals surface area contributed by atoms with E-state index in [0.29, 0.717) is 6.54 Å². The first-order chi connectivity index (χ1) is 9.16. The Morgan fingerprint density at radius 3 is 2.11 bits per heavy atom. The van der Waals surface area contributed by atoms with E-state index in [1.54, 1.807) is 14.1 Å². The normalized spacial score (nSPS) is 10.0. The van der Waals surface area contributed by atoms with Crippen molar-refractivity contribution in [1.82, 2.24) is 10.2 Å². The Morgan fingerprint density at radius 2 is 1.53 bits per heavy atom. The van der Waals surface area contributed by atoms with E-state index in [0.717, 1.165) is 5.56 Å². The molecular formula is C16H18N2O. The van der Waals surface area contributed by atoms with Gasteiger partial charge in [-0.25, -0.2) is 4.79 Å². The summed E-state index contributed by atoms with van der Waals surface area (Å²) in [4.78, 5) is 12.9. The van der Waals surface area contributed by atoms with Crippen molar-refractivity contribution in [3.8, 4) is 11.1 Å². The Kier molecular flexibility index (Phi) is 4.18. The molecule has 1 N–H and O–H groups in total. The number of amides is 2. The molecule has 0 aliphatic rings. The molecule has 0 bridgehead atoms. The van der Waals surface area contributed by atoms with Crippen molar-refractivity contribution in [2.24, 2.45) is 0 Å².